The molecule has 0 aliphatic heterocycles. The van der Waals surface area contributed by atoms with Crippen LogP contribution < -0.4 is 5.32 Å². The van der Waals surface area contributed by atoms with Gasteiger partial charge in [0.1, 0.15) is 11.5 Å². The lowest BCUT2D eigenvalue weighted by Gasteiger charge is -2.23. The molecule has 0 aliphatic rings. The molecule has 4 nitrogen and oxygen atoms in total. The van der Waals surface area contributed by atoms with Crippen LogP contribution in [0.5, 0.6) is 0 Å². The third-order valence-corrected chi connectivity index (χ3v) is 4.51. The molecule has 1 N–H and O–H groups in total. The molecule has 0 saturated carbocycles. The average molecular weight is 353 g/mol. The van der Waals surface area contributed by atoms with Crippen molar-refractivity contribution < 1.29 is 0 Å². The van der Waals surface area contributed by atoms with E-state index in [0.717, 1.165) is 55.4 Å². The van der Waals surface area contributed by atoms with E-state index in [0.29, 0.717) is 0 Å². The van der Waals surface area contributed by atoms with Crippen molar-refractivity contribution in [1.82, 2.24) is 14.5 Å². The predicted molar refractivity (Wildman–Crippen MR) is 112 cm³/mol. The van der Waals surface area contributed by atoms with E-state index in [1.807, 2.05) is 0 Å². The van der Waals surface area contributed by atoms with Crippen molar-refractivity contribution in [3.63, 3.8) is 0 Å². The Hall–Kier alpha value is -2.49. The maximum Gasteiger partial charge on any atom is 0.158 e. The molecule has 1 heterocycles. The summed E-state index contributed by atoms with van der Waals surface area (Å²) in [4.78, 5) is 7.06. The fourth-order valence-corrected chi connectivity index (χ4v) is 3.10. The van der Waals surface area contributed by atoms with Crippen molar-refractivity contribution in [3.05, 3.63) is 66.3 Å². The van der Waals surface area contributed by atoms with Gasteiger partial charge in [-0.2, -0.15) is 0 Å². The molecule has 2 rings (SSSR count). The number of rotatable bonds is 10. The van der Waals surface area contributed by atoms with Gasteiger partial charge in [-0.05, 0) is 31.5 Å². The van der Waals surface area contributed by atoms with E-state index in [9.17, 15) is 0 Å². The highest BCUT2D eigenvalue weighted by Crippen LogP contribution is 2.28. The van der Waals surface area contributed by atoms with Crippen LogP contribution in [-0.2, 0) is 13.0 Å². The van der Waals surface area contributed by atoms with Gasteiger partial charge in [-0.1, -0.05) is 56.8 Å². The maximum absolute atomic E-state index is 4.86. The highest BCUT2D eigenvalue weighted by Gasteiger charge is 2.20. The van der Waals surface area contributed by atoms with Crippen molar-refractivity contribution in [2.75, 3.05) is 18.9 Å². The van der Waals surface area contributed by atoms with E-state index in [1.165, 1.54) is 11.1 Å². The topological polar surface area (TPSA) is 33.1 Å². The normalized spacial score (nSPS) is 10.6. The molecule has 0 spiro atoms. The van der Waals surface area contributed by atoms with Crippen LogP contribution in [0.1, 0.15) is 49.3 Å². The zero-order valence-electron chi connectivity index (χ0n) is 16.7. The first-order valence-electron chi connectivity index (χ1n) is 9.44. The molecular formula is C22H32N4. The van der Waals surface area contributed by atoms with Gasteiger partial charge >= 0.3 is 0 Å². The lowest BCUT2D eigenvalue weighted by atomic mass is 10.1. The first kappa shape index (κ1) is 19.8. The molecule has 1 aromatic heterocycles. The number of benzene rings is 1. The Bertz CT molecular complexity index is 740. The molecule has 1 aromatic carbocycles. The zero-order valence-corrected chi connectivity index (χ0v) is 16.7. The van der Waals surface area contributed by atoms with Crippen LogP contribution in [0.15, 0.2) is 43.6 Å². The Balaban J connectivity index is 2.51. The van der Waals surface area contributed by atoms with E-state index in [-0.39, 0.29) is 0 Å². The summed E-state index contributed by atoms with van der Waals surface area (Å²) in [7, 11) is 2.09. The Labute approximate surface area is 158 Å². The number of aromatic nitrogens is 2. The molecule has 0 fully saturated rings. The van der Waals surface area contributed by atoms with Crippen molar-refractivity contribution in [1.29, 1.82) is 0 Å². The van der Waals surface area contributed by atoms with Gasteiger partial charge in [-0.25, -0.2) is 4.98 Å². The van der Waals surface area contributed by atoms with Crippen LogP contribution in [0.25, 0.3) is 5.70 Å². The first-order chi connectivity index (χ1) is 12.5. The number of hydrogen-bond donors (Lipinski definition) is 1. The van der Waals surface area contributed by atoms with Gasteiger partial charge in [0, 0.05) is 26.6 Å². The quantitative estimate of drug-likeness (QED) is 0.649. The summed E-state index contributed by atoms with van der Waals surface area (Å²) < 4.78 is 2.30. The number of nitrogens with one attached hydrogen (secondary N) is 1. The highest BCUT2D eigenvalue weighted by molar-refractivity contribution is 5.70. The molecule has 4 heteroatoms. The van der Waals surface area contributed by atoms with Gasteiger partial charge in [0.2, 0.25) is 0 Å². The van der Waals surface area contributed by atoms with Gasteiger partial charge < -0.3 is 14.8 Å². The van der Waals surface area contributed by atoms with Crippen LogP contribution in [0.2, 0.25) is 0 Å². The Morgan fingerprint density at radius 3 is 2.50 bits per heavy atom. The summed E-state index contributed by atoms with van der Waals surface area (Å²) in [5.74, 6) is 1.92. The van der Waals surface area contributed by atoms with Crippen molar-refractivity contribution >= 4 is 11.5 Å². The van der Waals surface area contributed by atoms with Gasteiger partial charge in [-0.15, -0.1) is 0 Å². The van der Waals surface area contributed by atoms with Crippen LogP contribution in [-0.4, -0.2) is 28.0 Å². The van der Waals surface area contributed by atoms with E-state index in [2.05, 4.69) is 80.0 Å². The summed E-state index contributed by atoms with van der Waals surface area (Å²) in [6.45, 7) is 16.4. The molecule has 0 bridgehead atoms. The van der Waals surface area contributed by atoms with Crippen LogP contribution >= 0.6 is 0 Å². The zero-order chi connectivity index (χ0) is 19.1. The second-order valence-corrected chi connectivity index (χ2v) is 6.76. The number of anilines is 1. The highest BCUT2D eigenvalue weighted by atomic mass is 15.2. The standard InChI is InChI=1S/C22H32N4/c1-7-10-20-24-22(23-9-3)21(18(5)25(6)15-8-2)26(20)16-19-13-11-17(4)12-14-19/h9,11-14,23H,3,5,7-8,10,15-16H2,1-2,4,6H3. The Morgan fingerprint density at radius 2 is 1.92 bits per heavy atom. The fourth-order valence-electron chi connectivity index (χ4n) is 3.10. The van der Waals surface area contributed by atoms with Crippen molar-refractivity contribution in [2.24, 2.45) is 0 Å². The lowest BCUT2D eigenvalue weighted by Crippen LogP contribution is -2.20. The third-order valence-electron chi connectivity index (χ3n) is 4.51. The SMILES string of the molecule is C=CNc1nc(CCC)n(Cc2ccc(C)cc2)c1C(=C)N(C)CCC. The first-order valence-corrected chi connectivity index (χ1v) is 9.44. The van der Waals surface area contributed by atoms with Crippen LogP contribution in [0, 0.1) is 6.92 Å². The Kier molecular flexibility index (Phi) is 7.07. The minimum absolute atomic E-state index is 0.787. The number of hydrogen-bond acceptors (Lipinski definition) is 3. The van der Waals surface area contributed by atoms with E-state index >= 15 is 0 Å². The third kappa shape index (κ3) is 4.57. The number of aryl methyl sites for hydroxylation is 2. The maximum atomic E-state index is 4.86. The summed E-state index contributed by atoms with van der Waals surface area (Å²) >= 11 is 0. The second kappa shape index (κ2) is 9.27. The molecule has 26 heavy (non-hydrogen) atoms. The molecule has 0 amide bonds. The molecule has 2 aromatic rings. The van der Waals surface area contributed by atoms with Gasteiger partial charge in [0.05, 0.1) is 5.70 Å². The van der Waals surface area contributed by atoms with Gasteiger partial charge in [0.25, 0.3) is 0 Å². The Morgan fingerprint density at radius 1 is 1.23 bits per heavy atom. The number of nitrogens with zero attached hydrogens (tertiary/aromatic N) is 3. The molecule has 0 unspecified atom stereocenters. The van der Waals surface area contributed by atoms with Crippen LogP contribution in [0.4, 0.5) is 5.82 Å². The minimum Gasteiger partial charge on any atom is -0.373 e. The van der Waals surface area contributed by atoms with Crippen molar-refractivity contribution in [3.8, 4) is 0 Å². The van der Waals surface area contributed by atoms with Gasteiger partial charge in [0.15, 0.2) is 5.82 Å². The molecular weight excluding hydrogens is 320 g/mol. The fraction of sp³-hybridized carbons (Fsp3) is 0.409. The summed E-state index contributed by atoms with van der Waals surface area (Å²) in [6.07, 6.45) is 4.75. The lowest BCUT2D eigenvalue weighted by molar-refractivity contribution is 0.473. The van der Waals surface area contributed by atoms with Crippen molar-refractivity contribution in [2.45, 2.75) is 46.6 Å². The number of imidazole rings is 1. The summed E-state index contributed by atoms with van der Waals surface area (Å²) in [6, 6.07) is 8.70. The summed E-state index contributed by atoms with van der Waals surface area (Å²) in [5.41, 5.74) is 4.57. The molecule has 0 atom stereocenters. The van der Waals surface area contributed by atoms with Crippen LogP contribution in [0.3, 0.4) is 0 Å². The molecule has 0 aliphatic carbocycles. The predicted octanol–water partition coefficient (Wildman–Crippen LogP) is 5.06. The molecule has 140 valence electrons. The molecule has 0 saturated heterocycles. The smallest absolute Gasteiger partial charge is 0.158 e. The van der Waals surface area contributed by atoms with E-state index in [4.69, 9.17) is 4.98 Å². The van der Waals surface area contributed by atoms with Gasteiger partial charge in [-0.3, -0.25) is 0 Å². The monoisotopic (exact) mass is 352 g/mol. The van der Waals surface area contributed by atoms with E-state index < -0.39 is 0 Å². The second-order valence-electron chi connectivity index (χ2n) is 6.76. The largest absolute Gasteiger partial charge is 0.373 e. The minimum atomic E-state index is 0.787. The molecule has 0 radical (unpaired) electrons. The summed E-state index contributed by atoms with van der Waals surface area (Å²) in [5, 5.41) is 3.21. The van der Waals surface area contributed by atoms with E-state index in [1.54, 1.807) is 6.20 Å². The average Bonchev–Trinajstić information content (AvgIpc) is 2.94.